The summed E-state index contributed by atoms with van der Waals surface area (Å²) in [5, 5.41) is 14.0. The van der Waals surface area contributed by atoms with Crippen molar-refractivity contribution in [3.63, 3.8) is 0 Å². The lowest BCUT2D eigenvalue weighted by Crippen LogP contribution is -2.46. The third-order valence-corrected chi connectivity index (χ3v) is 6.14. The number of carboxylic acids is 1. The Morgan fingerprint density at radius 2 is 1.97 bits per heavy atom. The molecule has 1 saturated heterocycles. The van der Waals surface area contributed by atoms with Crippen molar-refractivity contribution in [2.75, 3.05) is 6.54 Å². The van der Waals surface area contributed by atoms with E-state index in [0.29, 0.717) is 13.0 Å². The second-order valence-electron chi connectivity index (χ2n) is 7.39. The second kappa shape index (κ2) is 9.25. The summed E-state index contributed by atoms with van der Waals surface area (Å²) < 4.78 is 6.03. The molecule has 1 aliphatic rings. The first-order valence-electron chi connectivity index (χ1n) is 10.00. The number of carbonyl (C=O) groups is 1. The summed E-state index contributed by atoms with van der Waals surface area (Å²) in [4.78, 5) is 14.1. The highest BCUT2D eigenvalue weighted by Gasteiger charge is 2.35. The molecular formula is C24H25NO3S. The SMILES string of the molecule is O=C(O)C1CCCCN1C(c1ccsc1)c1cccc(OCc2ccccc2)c1. The van der Waals surface area contributed by atoms with Crippen LogP contribution in [-0.2, 0) is 11.4 Å². The summed E-state index contributed by atoms with van der Waals surface area (Å²) >= 11 is 1.64. The quantitative estimate of drug-likeness (QED) is 0.573. The number of nitrogens with zero attached hydrogens (tertiary/aromatic N) is 1. The molecule has 2 unspecified atom stereocenters. The number of ether oxygens (including phenoxy) is 1. The van der Waals surface area contributed by atoms with Crippen molar-refractivity contribution in [1.82, 2.24) is 4.90 Å². The average Bonchev–Trinajstić information content (AvgIpc) is 3.28. The monoisotopic (exact) mass is 407 g/mol. The van der Waals surface area contributed by atoms with E-state index in [1.807, 2.05) is 42.5 Å². The van der Waals surface area contributed by atoms with Gasteiger partial charge in [-0.05, 0) is 65.0 Å². The maximum absolute atomic E-state index is 11.9. The van der Waals surface area contributed by atoms with Crippen LogP contribution in [0.15, 0.2) is 71.4 Å². The van der Waals surface area contributed by atoms with Gasteiger partial charge in [-0.25, -0.2) is 0 Å². The van der Waals surface area contributed by atoms with Crippen LogP contribution in [0, 0.1) is 0 Å². The fourth-order valence-corrected chi connectivity index (χ4v) is 4.73. The van der Waals surface area contributed by atoms with E-state index in [1.54, 1.807) is 11.3 Å². The second-order valence-corrected chi connectivity index (χ2v) is 8.17. The number of hydrogen-bond acceptors (Lipinski definition) is 4. The minimum atomic E-state index is -0.735. The summed E-state index contributed by atoms with van der Waals surface area (Å²) in [6.07, 6.45) is 2.68. The van der Waals surface area contributed by atoms with E-state index in [-0.39, 0.29) is 6.04 Å². The molecule has 2 atom stereocenters. The van der Waals surface area contributed by atoms with Gasteiger partial charge in [-0.15, -0.1) is 0 Å². The van der Waals surface area contributed by atoms with Crippen molar-refractivity contribution in [2.24, 2.45) is 0 Å². The molecule has 1 aliphatic heterocycles. The van der Waals surface area contributed by atoms with Crippen molar-refractivity contribution >= 4 is 17.3 Å². The maximum Gasteiger partial charge on any atom is 0.320 e. The van der Waals surface area contributed by atoms with Gasteiger partial charge in [0.05, 0.1) is 6.04 Å². The molecular weight excluding hydrogens is 382 g/mol. The number of aliphatic carboxylic acids is 1. The molecule has 0 spiro atoms. The Morgan fingerprint density at radius 1 is 1.10 bits per heavy atom. The zero-order valence-corrected chi connectivity index (χ0v) is 17.1. The van der Waals surface area contributed by atoms with Gasteiger partial charge in [-0.2, -0.15) is 11.3 Å². The Hall–Kier alpha value is -2.63. The Morgan fingerprint density at radius 3 is 2.72 bits per heavy atom. The number of carboxylic acid groups (broad SMARTS) is 1. The molecule has 5 heteroatoms. The van der Waals surface area contributed by atoms with Gasteiger partial charge in [0.15, 0.2) is 0 Å². The first-order chi connectivity index (χ1) is 14.2. The van der Waals surface area contributed by atoms with Crippen molar-refractivity contribution in [2.45, 2.75) is 38.0 Å². The third kappa shape index (κ3) is 4.69. The third-order valence-electron chi connectivity index (χ3n) is 5.44. The van der Waals surface area contributed by atoms with Crippen LogP contribution < -0.4 is 4.74 Å². The number of likely N-dealkylation sites (tertiary alicyclic amines) is 1. The number of hydrogen-bond donors (Lipinski definition) is 1. The minimum absolute atomic E-state index is 0.0806. The molecule has 0 radical (unpaired) electrons. The molecule has 0 saturated carbocycles. The normalized spacial score (nSPS) is 18.3. The first-order valence-corrected chi connectivity index (χ1v) is 10.9. The topological polar surface area (TPSA) is 49.8 Å². The number of benzene rings is 2. The van der Waals surface area contributed by atoms with E-state index in [4.69, 9.17) is 4.74 Å². The summed E-state index contributed by atoms with van der Waals surface area (Å²) in [7, 11) is 0. The number of thiophene rings is 1. The molecule has 0 amide bonds. The molecule has 1 fully saturated rings. The highest BCUT2D eigenvalue weighted by atomic mass is 32.1. The molecule has 4 rings (SSSR count). The Bertz CT molecular complexity index is 926. The molecule has 1 aromatic heterocycles. The van der Waals surface area contributed by atoms with E-state index in [0.717, 1.165) is 41.8 Å². The molecule has 150 valence electrons. The summed E-state index contributed by atoms with van der Waals surface area (Å²) in [6, 6.07) is 19.7. The minimum Gasteiger partial charge on any atom is -0.489 e. The number of piperidine rings is 1. The first kappa shape index (κ1) is 19.7. The van der Waals surface area contributed by atoms with Gasteiger partial charge in [-0.3, -0.25) is 9.69 Å². The van der Waals surface area contributed by atoms with Crippen LogP contribution >= 0.6 is 11.3 Å². The van der Waals surface area contributed by atoms with Crippen LogP contribution in [0.4, 0.5) is 0 Å². The fraction of sp³-hybridized carbons (Fsp3) is 0.292. The van der Waals surface area contributed by atoms with Gasteiger partial charge in [0.1, 0.15) is 18.4 Å². The van der Waals surface area contributed by atoms with Crippen LogP contribution in [-0.4, -0.2) is 28.6 Å². The van der Waals surface area contributed by atoms with Gasteiger partial charge in [0, 0.05) is 0 Å². The lowest BCUT2D eigenvalue weighted by Gasteiger charge is -2.39. The van der Waals surface area contributed by atoms with Crippen LogP contribution in [0.1, 0.15) is 42.0 Å². The molecule has 4 nitrogen and oxygen atoms in total. The predicted octanol–water partition coefficient (Wildman–Crippen LogP) is 5.36. The zero-order chi connectivity index (χ0) is 20.1. The maximum atomic E-state index is 11.9. The van der Waals surface area contributed by atoms with E-state index in [1.165, 1.54) is 0 Å². The fourth-order valence-electron chi connectivity index (χ4n) is 4.05. The Kier molecular flexibility index (Phi) is 6.27. The molecule has 0 bridgehead atoms. The predicted molar refractivity (Wildman–Crippen MR) is 115 cm³/mol. The van der Waals surface area contributed by atoms with Gasteiger partial charge < -0.3 is 9.84 Å². The molecule has 29 heavy (non-hydrogen) atoms. The highest BCUT2D eigenvalue weighted by molar-refractivity contribution is 7.08. The average molecular weight is 408 g/mol. The standard InChI is InChI=1S/C24H25NO3S/c26-24(27)22-11-4-5-13-25(22)23(20-12-14-29-17-20)19-9-6-10-21(15-19)28-16-18-7-2-1-3-8-18/h1-3,6-10,12,14-15,17,22-23H,4-5,11,13,16H2,(H,26,27). The van der Waals surface area contributed by atoms with E-state index in [9.17, 15) is 9.90 Å². The lowest BCUT2D eigenvalue weighted by atomic mass is 9.93. The van der Waals surface area contributed by atoms with Gasteiger partial charge in [0.2, 0.25) is 0 Å². The highest BCUT2D eigenvalue weighted by Crippen LogP contribution is 2.36. The van der Waals surface area contributed by atoms with Gasteiger partial charge in [-0.1, -0.05) is 48.9 Å². The van der Waals surface area contributed by atoms with Crippen molar-refractivity contribution in [1.29, 1.82) is 0 Å². The van der Waals surface area contributed by atoms with E-state index >= 15 is 0 Å². The number of rotatable bonds is 7. The lowest BCUT2D eigenvalue weighted by molar-refractivity contribution is -0.145. The van der Waals surface area contributed by atoms with Gasteiger partial charge in [0.25, 0.3) is 0 Å². The molecule has 2 aromatic carbocycles. The van der Waals surface area contributed by atoms with Crippen LogP contribution in [0.3, 0.4) is 0 Å². The summed E-state index contributed by atoms with van der Waals surface area (Å²) in [6.45, 7) is 1.29. The Labute approximate surface area is 175 Å². The van der Waals surface area contributed by atoms with E-state index in [2.05, 4.69) is 33.9 Å². The van der Waals surface area contributed by atoms with Crippen LogP contribution in [0.25, 0.3) is 0 Å². The Balaban J connectivity index is 1.62. The summed E-state index contributed by atoms with van der Waals surface area (Å²) in [5.41, 5.74) is 3.33. The van der Waals surface area contributed by atoms with Gasteiger partial charge >= 0.3 is 5.97 Å². The largest absolute Gasteiger partial charge is 0.489 e. The molecule has 0 aliphatic carbocycles. The zero-order valence-electron chi connectivity index (χ0n) is 16.2. The molecule has 3 aromatic rings. The van der Waals surface area contributed by atoms with E-state index < -0.39 is 12.0 Å². The summed E-state index contributed by atoms with van der Waals surface area (Å²) in [5.74, 6) is 0.0666. The van der Waals surface area contributed by atoms with Crippen LogP contribution in [0.5, 0.6) is 5.75 Å². The molecule has 1 N–H and O–H groups in total. The van der Waals surface area contributed by atoms with Crippen molar-refractivity contribution in [3.8, 4) is 5.75 Å². The van der Waals surface area contributed by atoms with Crippen molar-refractivity contribution in [3.05, 3.63) is 88.1 Å². The van der Waals surface area contributed by atoms with Crippen LogP contribution in [0.2, 0.25) is 0 Å². The smallest absolute Gasteiger partial charge is 0.320 e. The van der Waals surface area contributed by atoms with Crippen molar-refractivity contribution < 1.29 is 14.6 Å². The molecule has 2 heterocycles.